The van der Waals surface area contributed by atoms with Crippen LogP contribution in [0.4, 0.5) is 0 Å². The van der Waals surface area contributed by atoms with Crippen LogP contribution in [0, 0.1) is 11.8 Å². The molecule has 6 heteroatoms. The van der Waals surface area contributed by atoms with E-state index < -0.39 is 0 Å². The summed E-state index contributed by atoms with van der Waals surface area (Å²) in [6.07, 6.45) is 0. The van der Waals surface area contributed by atoms with Crippen LogP contribution in [0.15, 0.2) is 0 Å². The topological polar surface area (TPSA) is 67.9 Å². The zero-order valence-corrected chi connectivity index (χ0v) is 12.0. The van der Waals surface area contributed by atoms with Crippen LogP contribution in [0.1, 0.15) is 13.8 Å². The molecule has 0 aromatic carbocycles. The molecule has 1 aliphatic heterocycles. The molecule has 0 aromatic rings. The monoisotopic (exact) mass is 272 g/mol. The number of ether oxygens (including phenoxy) is 2. The van der Waals surface area contributed by atoms with E-state index >= 15 is 0 Å². The number of esters is 1. The summed E-state index contributed by atoms with van der Waals surface area (Å²) in [6, 6.07) is 0. The number of nitrogens with zero attached hydrogens (tertiary/aromatic N) is 1. The molecular weight excluding hydrogens is 248 g/mol. The van der Waals surface area contributed by atoms with Gasteiger partial charge in [0.25, 0.3) is 0 Å². The van der Waals surface area contributed by atoms with E-state index in [1.165, 1.54) is 4.90 Å². The summed E-state index contributed by atoms with van der Waals surface area (Å²) >= 11 is 0. The quantitative estimate of drug-likeness (QED) is 0.624. The van der Waals surface area contributed by atoms with E-state index in [4.69, 9.17) is 9.47 Å². The summed E-state index contributed by atoms with van der Waals surface area (Å²) in [5, 5.41) is 3.15. The van der Waals surface area contributed by atoms with Crippen LogP contribution in [-0.2, 0) is 19.1 Å². The average molecular weight is 272 g/mol. The van der Waals surface area contributed by atoms with Crippen LogP contribution in [0.5, 0.6) is 0 Å². The van der Waals surface area contributed by atoms with Crippen LogP contribution in [0.25, 0.3) is 0 Å². The standard InChI is InChI=1S/C13H24N2O4/c1-4-19-12(16)9-15(5-6-18-3)13(17)10(2)11-7-14-8-11/h10-11,14H,4-9H2,1-3H3. The highest BCUT2D eigenvalue weighted by molar-refractivity contribution is 5.83. The molecule has 0 radical (unpaired) electrons. The Morgan fingerprint density at radius 1 is 1.42 bits per heavy atom. The van der Waals surface area contributed by atoms with E-state index in [1.807, 2.05) is 6.92 Å². The molecule has 1 atom stereocenters. The van der Waals surface area contributed by atoms with Crippen molar-refractivity contribution >= 4 is 11.9 Å². The highest BCUT2D eigenvalue weighted by Gasteiger charge is 2.32. The number of hydrogen-bond acceptors (Lipinski definition) is 5. The van der Waals surface area contributed by atoms with Gasteiger partial charge in [0.1, 0.15) is 6.54 Å². The minimum absolute atomic E-state index is 0.000518. The number of rotatable bonds is 8. The maximum atomic E-state index is 12.4. The minimum atomic E-state index is -0.370. The van der Waals surface area contributed by atoms with E-state index in [1.54, 1.807) is 14.0 Å². The molecule has 0 bridgehead atoms. The fraction of sp³-hybridized carbons (Fsp3) is 0.846. The Hall–Kier alpha value is -1.14. The Morgan fingerprint density at radius 2 is 2.11 bits per heavy atom. The molecule has 1 amide bonds. The zero-order valence-electron chi connectivity index (χ0n) is 12.0. The fourth-order valence-corrected chi connectivity index (χ4v) is 1.99. The Labute approximate surface area is 114 Å². The molecular formula is C13H24N2O4. The van der Waals surface area contributed by atoms with Crippen molar-refractivity contribution in [3.63, 3.8) is 0 Å². The number of nitrogens with one attached hydrogen (secondary N) is 1. The molecule has 1 unspecified atom stereocenters. The van der Waals surface area contributed by atoms with Gasteiger partial charge < -0.3 is 19.7 Å². The van der Waals surface area contributed by atoms with E-state index in [2.05, 4.69) is 5.32 Å². The van der Waals surface area contributed by atoms with Gasteiger partial charge >= 0.3 is 5.97 Å². The summed E-state index contributed by atoms with van der Waals surface area (Å²) in [7, 11) is 1.58. The van der Waals surface area contributed by atoms with Gasteiger partial charge in [-0.05, 0) is 25.9 Å². The molecule has 0 saturated carbocycles. The highest BCUT2D eigenvalue weighted by atomic mass is 16.5. The Kier molecular flexibility index (Phi) is 6.80. The largest absolute Gasteiger partial charge is 0.465 e. The first-order chi connectivity index (χ1) is 9.10. The predicted molar refractivity (Wildman–Crippen MR) is 70.6 cm³/mol. The number of carbonyl (C=O) groups is 2. The van der Waals surface area contributed by atoms with E-state index in [9.17, 15) is 9.59 Å². The number of amides is 1. The lowest BCUT2D eigenvalue weighted by atomic mass is 9.88. The van der Waals surface area contributed by atoms with Gasteiger partial charge in [-0.15, -0.1) is 0 Å². The molecule has 6 nitrogen and oxygen atoms in total. The zero-order chi connectivity index (χ0) is 14.3. The summed E-state index contributed by atoms with van der Waals surface area (Å²) in [6.45, 7) is 6.56. The van der Waals surface area contributed by atoms with Crippen molar-refractivity contribution in [2.24, 2.45) is 11.8 Å². The SMILES string of the molecule is CCOC(=O)CN(CCOC)C(=O)C(C)C1CNC1. The van der Waals surface area contributed by atoms with Crippen molar-refractivity contribution in [1.29, 1.82) is 0 Å². The van der Waals surface area contributed by atoms with Gasteiger partial charge in [0, 0.05) is 19.6 Å². The highest BCUT2D eigenvalue weighted by Crippen LogP contribution is 2.18. The molecule has 0 spiro atoms. The van der Waals surface area contributed by atoms with Crippen LogP contribution >= 0.6 is 0 Å². The molecule has 1 N–H and O–H groups in total. The van der Waals surface area contributed by atoms with Crippen molar-refractivity contribution in [1.82, 2.24) is 10.2 Å². The first-order valence-electron chi connectivity index (χ1n) is 6.74. The third-order valence-corrected chi connectivity index (χ3v) is 3.41. The van der Waals surface area contributed by atoms with Crippen LogP contribution in [-0.4, -0.2) is 63.3 Å². The predicted octanol–water partition coefficient (Wildman–Crippen LogP) is -0.120. The molecule has 1 heterocycles. The Balaban J connectivity index is 2.55. The summed E-state index contributed by atoms with van der Waals surface area (Å²) in [5.74, 6) is -0.0882. The summed E-state index contributed by atoms with van der Waals surface area (Å²) in [4.78, 5) is 25.4. The second-order valence-corrected chi connectivity index (χ2v) is 4.76. The van der Waals surface area contributed by atoms with Gasteiger partial charge in [-0.25, -0.2) is 0 Å². The maximum Gasteiger partial charge on any atom is 0.325 e. The lowest BCUT2D eigenvalue weighted by Gasteiger charge is -2.34. The Bertz CT molecular complexity index is 305. The fourth-order valence-electron chi connectivity index (χ4n) is 1.99. The van der Waals surface area contributed by atoms with Gasteiger partial charge in [-0.1, -0.05) is 6.92 Å². The van der Waals surface area contributed by atoms with Crippen molar-refractivity contribution in [3.8, 4) is 0 Å². The second-order valence-electron chi connectivity index (χ2n) is 4.76. The third kappa shape index (κ3) is 4.80. The average Bonchev–Trinajstić information content (AvgIpc) is 2.31. The van der Waals surface area contributed by atoms with Crippen molar-refractivity contribution in [3.05, 3.63) is 0 Å². The van der Waals surface area contributed by atoms with E-state index in [0.717, 1.165) is 13.1 Å². The molecule has 1 aliphatic rings. The number of methoxy groups -OCH3 is 1. The third-order valence-electron chi connectivity index (χ3n) is 3.41. The summed E-state index contributed by atoms with van der Waals surface area (Å²) in [5.41, 5.74) is 0. The van der Waals surface area contributed by atoms with Gasteiger partial charge in [0.15, 0.2) is 0 Å². The lowest BCUT2D eigenvalue weighted by molar-refractivity contribution is -0.151. The van der Waals surface area contributed by atoms with Crippen LogP contribution in [0.2, 0.25) is 0 Å². The van der Waals surface area contributed by atoms with Gasteiger partial charge in [0.2, 0.25) is 5.91 Å². The van der Waals surface area contributed by atoms with Crippen molar-refractivity contribution < 1.29 is 19.1 Å². The van der Waals surface area contributed by atoms with E-state index in [-0.39, 0.29) is 24.3 Å². The molecule has 19 heavy (non-hydrogen) atoms. The first kappa shape index (κ1) is 15.9. The smallest absolute Gasteiger partial charge is 0.325 e. The molecule has 1 rings (SSSR count). The molecule has 0 aliphatic carbocycles. The van der Waals surface area contributed by atoms with E-state index in [0.29, 0.717) is 25.7 Å². The van der Waals surface area contributed by atoms with Gasteiger partial charge in [0.05, 0.1) is 13.2 Å². The van der Waals surface area contributed by atoms with Crippen LogP contribution in [0.3, 0.4) is 0 Å². The molecule has 1 saturated heterocycles. The number of hydrogen-bond donors (Lipinski definition) is 1. The first-order valence-corrected chi connectivity index (χ1v) is 6.74. The maximum absolute atomic E-state index is 12.4. The molecule has 1 fully saturated rings. The number of carbonyl (C=O) groups excluding carboxylic acids is 2. The van der Waals surface area contributed by atoms with Crippen molar-refractivity contribution in [2.45, 2.75) is 13.8 Å². The summed E-state index contributed by atoms with van der Waals surface area (Å²) < 4.78 is 9.88. The van der Waals surface area contributed by atoms with Gasteiger partial charge in [-0.2, -0.15) is 0 Å². The lowest BCUT2D eigenvalue weighted by Crippen LogP contribution is -2.51. The second kappa shape index (κ2) is 8.12. The Morgan fingerprint density at radius 3 is 2.58 bits per heavy atom. The minimum Gasteiger partial charge on any atom is -0.465 e. The van der Waals surface area contributed by atoms with Gasteiger partial charge in [-0.3, -0.25) is 9.59 Å². The van der Waals surface area contributed by atoms with Crippen molar-refractivity contribution in [2.75, 3.05) is 46.5 Å². The normalized spacial score (nSPS) is 16.6. The molecule has 0 aromatic heterocycles. The molecule has 110 valence electrons. The van der Waals surface area contributed by atoms with Crippen LogP contribution < -0.4 is 5.32 Å².